The summed E-state index contributed by atoms with van der Waals surface area (Å²) in [7, 11) is 0. The lowest BCUT2D eigenvalue weighted by Crippen LogP contribution is -2.05. The number of hydrogen-bond donors (Lipinski definition) is 0. The second kappa shape index (κ2) is 5.21. The van der Waals surface area contributed by atoms with Gasteiger partial charge in [-0.3, -0.25) is 0 Å². The Morgan fingerprint density at radius 2 is 1.89 bits per heavy atom. The molecule has 0 N–H and O–H groups in total. The molecule has 0 saturated carbocycles. The second-order valence-corrected chi connectivity index (χ2v) is 4.65. The van der Waals surface area contributed by atoms with E-state index in [1.54, 1.807) is 0 Å². The normalized spacial score (nSPS) is 11.9. The Bertz CT molecular complexity index is 562. The molecule has 0 spiro atoms. The topological polar surface area (TPSA) is 17.8 Å². The summed E-state index contributed by atoms with van der Waals surface area (Å²) in [5.74, 6) is 1.08. The predicted octanol–water partition coefficient (Wildman–Crippen LogP) is 3.97. The summed E-state index contributed by atoms with van der Waals surface area (Å²) in [6, 6.07) is 10.5. The average Bonchev–Trinajstić information content (AvgIpc) is 2.67. The highest BCUT2D eigenvalue weighted by Crippen LogP contribution is 2.19. The highest BCUT2D eigenvalue weighted by atomic mass is 15.1. The van der Waals surface area contributed by atoms with Crippen molar-refractivity contribution in [2.45, 2.75) is 34.2 Å². The first kappa shape index (κ1) is 12.6. The minimum atomic E-state index is 0.883. The maximum Gasteiger partial charge on any atom is 0.136 e. The van der Waals surface area contributed by atoms with Gasteiger partial charge in [0, 0.05) is 12.2 Å². The van der Waals surface area contributed by atoms with Crippen LogP contribution in [0.5, 0.6) is 0 Å². The Balaban J connectivity index is 2.44. The quantitative estimate of drug-likeness (QED) is 0.793. The lowest BCUT2D eigenvalue weighted by Gasteiger charge is -2.10. The van der Waals surface area contributed by atoms with E-state index in [0.29, 0.717) is 0 Å². The van der Waals surface area contributed by atoms with Gasteiger partial charge in [-0.15, -0.1) is 0 Å². The maximum absolute atomic E-state index is 4.67. The number of aromatic nitrogens is 2. The second-order valence-electron chi connectivity index (χ2n) is 4.65. The maximum atomic E-state index is 4.67. The molecule has 2 nitrogen and oxygen atoms in total. The van der Waals surface area contributed by atoms with Gasteiger partial charge < -0.3 is 4.57 Å². The Hall–Kier alpha value is -1.83. The highest BCUT2D eigenvalue weighted by Gasteiger charge is 2.12. The third-order valence-corrected chi connectivity index (χ3v) is 3.43. The van der Waals surface area contributed by atoms with E-state index < -0.39 is 0 Å². The molecule has 1 heterocycles. The number of aryl methyl sites for hydroxylation is 1. The smallest absolute Gasteiger partial charge is 0.136 e. The molecule has 0 atom stereocenters. The molecule has 0 fully saturated rings. The number of rotatable bonds is 3. The Labute approximate surface area is 109 Å². The molecule has 2 aromatic rings. The molecule has 0 aliphatic rings. The summed E-state index contributed by atoms with van der Waals surface area (Å²) in [6.07, 6.45) is 2.11. The molecule has 2 heteroatoms. The van der Waals surface area contributed by atoms with Crippen LogP contribution < -0.4 is 0 Å². The van der Waals surface area contributed by atoms with Crippen LogP contribution in [0.15, 0.2) is 36.4 Å². The van der Waals surface area contributed by atoms with E-state index in [-0.39, 0.29) is 0 Å². The molecule has 0 amide bonds. The molecule has 0 unspecified atom stereocenters. The molecule has 0 aliphatic heterocycles. The zero-order chi connectivity index (χ0) is 13.1. The van der Waals surface area contributed by atoms with Crippen molar-refractivity contribution >= 4 is 5.57 Å². The SMILES string of the molecule is C/C=C(\C)c1nc(C)c(C)n1Cc1ccccc1. The largest absolute Gasteiger partial charge is 0.324 e. The summed E-state index contributed by atoms with van der Waals surface area (Å²) in [4.78, 5) is 4.67. The van der Waals surface area contributed by atoms with Crippen molar-refractivity contribution in [1.82, 2.24) is 9.55 Å². The van der Waals surface area contributed by atoms with E-state index in [1.165, 1.54) is 16.8 Å². The van der Waals surface area contributed by atoms with Crippen LogP contribution in [0.3, 0.4) is 0 Å². The first-order valence-corrected chi connectivity index (χ1v) is 6.34. The lowest BCUT2D eigenvalue weighted by atomic mass is 10.2. The van der Waals surface area contributed by atoms with E-state index in [4.69, 9.17) is 0 Å². The van der Waals surface area contributed by atoms with Crippen LogP contribution in [0.4, 0.5) is 0 Å². The Morgan fingerprint density at radius 3 is 2.50 bits per heavy atom. The van der Waals surface area contributed by atoms with Gasteiger partial charge in [0.1, 0.15) is 5.82 Å². The standard InChI is InChI=1S/C16H20N2/c1-5-12(2)16-17-13(3)14(4)18(16)11-15-9-7-6-8-10-15/h5-10H,11H2,1-4H3/b12-5+. The first-order chi connectivity index (χ1) is 8.63. The fraction of sp³-hybridized carbons (Fsp3) is 0.312. The third kappa shape index (κ3) is 2.37. The van der Waals surface area contributed by atoms with E-state index in [0.717, 1.165) is 18.1 Å². The van der Waals surface area contributed by atoms with Crippen molar-refractivity contribution in [3.05, 3.63) is 59.2 Å². The summed E-state index contributed by atoms with van der Waals surface area (Å²) in [5, 5.41) is 0. The molecule has 0 aliphatic carbocycles. The lowest BCUT2D eigenvalue weighted by molar-refractivity contribution is 0.755. The minimum Gasteiger partial charge on any atom is -0.324 e. The van der Waals surface area contributed by atoms with Crippen LogP contribution >= 0.6 is 0 Å². The van der Waals surface area contributed by atoms with Gasteiger partial charge in [0.05, 0.1) is 5.69 Å². The zero-order valence-electron chi connectivity index (χ0n) is 11.6. The molecular weight excluding hydrogens is 220 g/mol. The number of imidazole rings is 1. The molecule has 0 saturated heterocycles. The van der Waals surface area contributed by atoms with Crippen molar-refractivity contribution in [1.29, 1.82) is 0 Å². The van der Waals surface area contributed by atoms with Gasteiger partial charge in [-0.05, 0) is 38.8 Å². The van der Waals surface area contributed by atoms with Crippen molar-refractivity contribution in [2.75, 3.05) is 0 Å². The average molecular weight is 240 g/mol. The van der Waals surface area contributed by atoms with Crippen LogP contribution in [0.25, 0.3) is 5.57 Å². The van der Waals surface area contributed by atoms with E-state index in [1.807, 2.05) is 6.07 Å². The monoisotopic (exact) mass is 240 g/mol. The van der Waals surface area contributed by atoms with E-state index in [2.05, 4.69) is 67.6 Å². The molecule has 0 bridgehead atoms. The van der Waals surface area contributed by atoms with Crippen molar-refractivity contribution < 1.29 is 0 Å². The fourth-order valence-corrected chi connectivity index (χ4v) is 2.04. The summed E-state index contributed by atoms with van der Waals surface area (Å²) in [5.41, 5.74) is 4.89. The number of hydrogen-bond acceptors (Lipinski definition) is 1. The summed E-state index contributed by atoms with van der Waals surface area (Å²) in [6.45, 7) is 9.26. The van der Waals surface area contributed by atoms with Crippen LogP contribution in [0.1, 0.15) is 36.6 Å². The van der Waals surface area contributed by atoms with Crippen LogP contribution in [-0.2, 0) is 6.54 Å². The fourth-order valence-electron chi connectivity index (χ4n) is 2.04. The van der Waals surface area contributed by atoms with Crippen LogP contribution in [0, 0.1) is 13.8 Å². The Morgan fingerprint density at radius 1 is 1.22 bits per heavy atom. The summed E-state index contributed by atoms with van der Waals surface area (Å²) >= 11 is 0. The van der Waals surface area contributed by atoms with Crippen molar-refractivity contribution in [3.63, 3.8) is 0 Å². The van der Waals surface area contributed by atoms with E-state index >= 15 is 0 Å². The van der Waals surface area contributed by atoms with Crippen molar-refractivity contribution in [3.8, 4) is 0 Å². The van der Waals surface area contributed by atoms with Gasteiger partial charge in [-0.2, -0.15) is 0 Å². The Kier molecular flexibility index (Phi) is 3.66. The zero-order valence-corrected chi connectivity index (χ0v) is 11.6. The molecule has 1 aromatic heterocycles. The van der Waals surface area contributed by atoms with Gasteiger partial charge in [0.2, 0.25) is 0 Å². The third-order valence-electron chi connectivity index (χ3n) is 3.43. The predicted molar refractivity (Wildman–Crippen MR) is 76.6 cm³/mol. The van der Waals surface area contributed by atoms with Gasteiger partial charge in [0.25, 0.3) is 0 Å². The molecule has 0 radical (unpaired) electrons. The van der Waals surface area contributed by atoms with Gasteiger partial charge in [-0.25, -0.2) is 4.98 Å². The summed E-state index contributed by atoms with van der Waals surface area (Å²) < 4.78 is 2.29. The van der Waals surface area contributed by atoms with Gasteiger partial charge in [-0.1, -0.05) is 36.4 Å². The van der Waals surface area contributed by atoms with Crippen LogP contribution in [0.2, 0.25) is 0 Å². The molecule has 18 heavy (non-hydrogen) atoms. The minimum absolute atomic E-state index is 0.883. The van der Waals surface area contributed by atoms with Crippen LogP contribution in [-0.4, -0.2) is 9.55 Å². The number of benzene rings is 1. The highest BCUT2D eigenvalue weighted by molar-refractivity contribution is 5.58. The number of nitrogens with zero attached hydrogens (tertiary/aromatic N) is 2. The number of allylic oxidation sites excluding steroid dienone is 2. The van der Waals surface area contributed by atoms with Crippen molar-refractivity contribution in [2.24, 2.45) is 0 Å². The molecule has 2 rings (SSSR count). The van der Waals surface area contributed by atoms with Gasteiger partial charge in [0.15, 0.2) is 0 Å². The molecule has 94 valence electrons. The molecule has 1 aromatic carbocycles. The van der Waals surface area contributed by atoms with E-state index in [9.17, 15) is 0 Å². The van der Waals surface area contributed by atoms with Gasteiger partial charge >= 0.3 is 0 Å². The molecular formula is C16H20N2. The first-order valence-electron chi connectivity index (χ1n) is 6.34.